The van der Waals surface area contributed by atoms with E-state index >= 15 is 0 Å². The number of aromatic nitrogens is 4. The Hall–Kier alpha value is -6.69. The van der Waals surface area contributed by atoms with E-state index in [2.05, 4.69) is 184 Å². The van der Waals surface area contributed by atoms with Gasteiger partial charge in [-0.3, -0.25) is 4.57 Å². The zero-order chi connectivity index (χ0) is 33.9. The summed E-state index contributed by atoms with van der Waals surface area (Å²) in [4.78, 5) is 5.47. The van der Waals surface area contributed by atoms with Crippen molar-refractivity contribution in [2.75, 3.05) is 0 Å². The number of fused-ring (bicyclic) bond motifs is 12. The lowest BCUT2D eigenvalue weighted by atomic mass is 10.1. The van der Waals surface area contributed by atoms with Crippen LogP contribution >= 0.6 is 11.3 Å². The van der Waals surface area contributed by atoms with E-state index in [-0.39, 0.29) is 0 Å². The molecule has 5 heteroatoms. The van der Waals surface area contributed by atoms with Gasteiger partial charge in [0.1, 0.15) is 5.82 Å². The molecule has 0 saturated heterocycles. The summed E-state index contributed by atoms with van der Waals surface area (Å²) in [5, 5.41) is 8.66. The van der Waals surface area contributed by atoms with Crippen LogP contribution in [-0.4, -0.2) is 18.7 Å². The van der Waals surface area contributed by atoms with Crippen LogP contribution in [0.4, 0.5) is 0 Å². The molecular formula is C47H28N4S. The molecule has 0 aliphatic heterocycles. The lowest BCUT2D eigenvalue weighted by molar-refractivity contribution is 1.10. The number of hydrogen-bond acceptors (Lipinski definition) is 2. The molecule has 4 nitrogen and oxygen atoms in total. The number of thiophene rings is 1. The fourth-order valence-corrected chi connectivity index (χ4v) is 9.66. The molecular weight excluding hydrogens is 653 g/mol. The molecule has 0 unspecified atom stereocenters. The summed E-state index contributed by atoms with van der Waals surface area (Å²) >= 11 is 1.81. The van der Waals surface area contributed by atoms with Crippen molar-refractivity contribution in [1.82, 2.24) is 18.7 Å². The smallest absolute Gasteiger partial charge is 0.138 e. The van der Waals surface area contributed by atoms with Crippen molar-refractivity contribution in [3.05, 3.63) is 170 Å². The maximum Gasteiger partial charge on any atom is 0.138 e. The summed E-state index contributed by atoms with van der Waals surface area (Å²) in [5.41, 5.74) is 10.5. The van der Waals surface area contributed by atoms with E-state index in [1.54, 1.807) is 11.3 Å². The minimum atomic E-state index is 0.922. The van der Waals surface area contributed by atoms with Gasteiger partial charge in [0.15, 0.2) is 0 Å². The first-order valence-corrected chi connectivity index (χ1v) is 18.5. The first-order chi connectivity index (χ1) is 25.8. The molecule has 0 aliphatic carbocycles. The van der Waals surface area contributed by atoms with Crippen molar-refractivity contribution in [3.63, 3.8) is 0 Å². The number of nitrogens with zero attached hydrogens (tertiary/aromatic N) is 4. The van der Waals surface area contributed by atoms with Crippen molar-refractivity contribution in [2.45, 2.75) is 0 Å². The van der Waals surface area contributed by atoms with Gasteiger partial charge >= 0.3 is 0 Å². The van der Waals surface area contributed by atoms with E-state index in [4.69, 9.17) is 4.98 Å². The van der Waals surface area contributed by atoms with Gasteiger partial charge in [0.25, 0.3) is 0 Å². The van der Waals surface area contributed by atoms with Gasteiger partial charge in [-0.05, 0) is 78.9 Å². The highest BCUT2D eigenvalue weighted by Crippen LogP contribution is 2.40. The summed E-state index contributed by atoms with van der Waals surface area (Å²) < 4.78 is 9.54. The maximum atomic E-state index is 5.47. The van der Waals surface area contributed by atoms with Gasteiger partial charge in [-0.2, -0.15) is 0 Å². The molecule has 0 saturated carbocycles. The summed E-state index contributed by atoms with van der Waals surface area (Å²) in [6.45, 7) is 0. The van der Waals surface area contributed by atoms with Crippen molar-refractivity contribution in [3.8, 4) is 17.2 Å². The highest BCUT2D eigenvalue weighted by molar-refractivity contribution is 7.25. The Morgan fingerprint density at radius 2 is 0.731 bits per heavy atom. The summed E-state index contributed by atoms with van der Waals surface area (Å²) in [7, 11) is 0. The number of pyridine rings is 1. The molecule has 0 spiro atoms. The second-order valence-electron chi connectivity index (χ2n) is 13.6. The Kier molecular flexibility index (Phi) is 5.62. The third-order valence-corrected chi connectivity index (χ3v) is 12.0. The third kappa shape index (κ3) is 3.78. The first-order valence-electron chi connectivity index (χ1n) is 17.6. The molecule has 5 aromatic heterocycles. The average molecular weight is 681 g/mol. The van der Waals surface area contributed by atoms with E-state index in [0.717, 1.165) is 33.7 Å². The van der Waals surface area contributed by atoms with E-state index < -0.39 is 0 Å². The monoisotopic (exact) mass is 680 g/mol. The maximum absolute atomic E-state index is 5.47. The minimum absolute atomic E-state index is 0.922. The zero-order valence-electron chi connectivity index (χ0n) is 27.9. The molecule has 242 valence electrons. The summed E-state index contributed by atoms with van der Waals surface area (Å²) in [6.07, 6.45) is 0. The molecule has 0 aliphatic rings. The van der Waals surface area contributed by atoms with E-state index in [1.165, 1.54) is 69.2 Å². The predicted molar refractivity (Wildman–Crippen MR) is 220 cm³/mol. The second-order valence-corrected chi connectivity index (χ2v) is 14.7. The van der Waals surface area contributed by atoms with Crippen LogP contribution in [0, 0.1) is 0 Å². The van der Waals surface area contributed by atoms with Crippen molar-refractivity contribution in [1.29, 1.82) is 0 Å². The lowest BCUT2D eigenvalue weighted by Gasteiger charge is -2.10. The Labute approximate surface area is 301 Å². The number of rotatable bonds is 3. The molecule has 0 amide bonds. The molecule has 52 heavy (non-hydrogen) atoms. The minimum Gasteiger partial charge on any atom is -0.309 e. The molecule has 0 bridgehead atoms. The third-order valence-electron chi connectivity index (χ3n) is 10.8. The fraction of sp³-hybridized carbons (Fsp3) is 0. The Balaban J connectivity index is 1.07. The highest BCUT2D eigenvalue weighted by atomic mass is 32.1. The Morgan fingerprint density at radius 3 is 1.27 bits per heavy atom. The topological polar surface area (TPSA) is 27.7 Å². The molecule has 7 aromatic carbocycles. The van der Waals surface area contributed by atoms with Gasteiger partial charge in [-0.1, -0.05) is 91.0 Å². The van der Waals surface area contributed by atoms with E-state index in [0.29, 0.717) is 0 Å². The van der Waals surface area contributed by atoms with Gasteiger partial charge < -0.3 is 9.13 Å². The van der Waals surface area contributed by atoms with E-state index in [9.17, 15) is 0 Å². The van der Waals surface area contributed by atoms with Crippen LogP contribution < -0.4 is 0 Å². The summed E-state index contributed by atoms with van der Waals surface area (Å²) in [5.74, 6) is 0.922. The lowest BCUT2D eigenvalue weighted by Crippen LogP contribution is -1.98. The fourth-order valence-electron chi connectivity index (χ4n) is 8.63. The molecule has 12 rings (SSSR count). The SMILES string of the molecule is c1ccc2c(c1)c1ccccc1n2-c1ccc2sc3ccc(-n4c5ccccc5c5cc(-n6c7ccccc7c7ccccc76)ccc54)nc3c2c1. The van der Waals surface area contributed by atoms with Gasteiger partial charge in [0, 0.05) is 53.8 Å². The number of hydrogen-bond donors (Lipinski definition) is 0. The Bertz CT molecular complexity index is 3320. The highest BCUT2D eigenvalue weighted by Gasteiger charge is 2.19. The number of benzene rings is 7. The van der Waals surface area contributed by atoms with Crippen LogP contribution in [0.25, 0.3) is 103 Å². The first kappa shape index (κ1) is 28.1. The van der Waals surface area contributed by atoms with Gasteiger partial charge in [-0.15, -0.1) is 11.3 Å². The van der Waals surface area contributed by atoms with Crippen molar-refractivity contribution < 1.29 is 0 Å². The quantitative estimate of drug-likeness (QED) is 0.182. The molecule has 12 aromatic rings. The van der Waals surface area contributed by atoms with Crippen LogP contribution in [0.15, 0.2) is 170 Å². The van der Waals surface area contributed by atoms with Crippen molar-refractivity contribution >= 4 is 97.1 Å². The van der Waals surface area contributed by atoms with Crippen molar-refractivity contribution in [2.24, 2.45) is 0 Å². The molecule has 0 N–H and O–H groups in total. The molecule has 0 fully saturated rings. The van der Waals surface area contributed by atoms with Gasteiger partial charge in [-0.25, -0.2) is 4.98 Å². The average Bonchev–Trinajstić information content (AvgIpc) is 3.93. The largest absolute Gasteiger partial charge is 0.309 e. The van der Waals surface area contributed by atoms with Crippen LogP contribution in [-0.2, 0) is 0 Å². The summed E-state index contributed by atoms with van der Waals surface area (Å²) in [6, 6.07) is 61.6. The molecule has 0 radical (unpaired) electrons. The normalized spacial score (nSPS) is 12.2. The molecule has 0 atom stereocenters. The predicted octanol–water partition coefficient (Wildman–Crippen LogP) is 12.7. The van der Waals surface area contributed by atoms with Crippen LogP contribution in [0.2, 0.25) is 0 Å². The zero-order valence-corrected chi connectivity index (χ0v) is 28.7. The number of para-hydroxylation sites is 5. The van der Waals surface area contributed by atoms with Gasteiger partial charge in [0.2, 0.25) is 0 Å². The van der Waals surface area contributed by atoms with Crippen LogP contribution in [0.3, 0.4) is 0 Å². The van der Waals surface area contributed by atoms with Crippen LogP contribution in [0.5, 0.6) is 0 Å². The standard InChI is InChI=1S/C47H28N4S/c1-6-16-38-31(11-1)32-12-2-7-17-39(32)49(38)29-21-23-43-36(27-29)35-15-5-10-20-42(35)51(43)46-26-25-45-47(48-46)37-28-30(22-24-44(37)52-45)50-40-18-8-3-13-33(40)34-14-4-9-19-41(34)50/h1-28H. The second kappa shape index (κ2) is 10.4. The van der Waals surface area contributed by atoms with Crippen LogP contribution in [0.1, 0.15) is 0 Å². The molecule has 5 heterocycles. The van der Waals surface area contributed by atoms with E-state index in [1.807, 2.05) is 0 Å². The van der Waals surface area contributed by atoms with Gasteiger partial charge in [0.05, 0.1) is 43.3 Å². The Morgan fingerprint density at radius 1 is 0.327 bits per heavy atom.